The Kier molecular flexibility index (Phi) is 5.96. The van der Waals surface area contributed by atoms with E-state index in [2.05, 4.69) is 20.6 Å². The average molecular weight is 433 g/mol. The summed E-state index contributed by atoms with van der Waals surface area (Å²) in [7, 11) is 0. The van der Waals surface area contributed by atoms with Gasteiger partial charge in [-0.2, -0.15) is 13.2 Å². The Morgan fingerprint density at radius 1 is 1.14 bits per heavy atom. The predicted octanol–water partition coefficient (Wildman–Crippen LogP) is 3.98. The molecule has 148 valence electrons. The van der Waals surface area contributed by atoms with E-state index in [1.807, 2.05) is 0 Å². The molecule has 1 N–H and O–H groups in total. The Morgan fingerprint density at radius 2 is 1.89 bits per heavy atom. The first-order valence-electron chi connectivity index (χ1n) is 7.61. The van der Waals surface area contributed by atoms with Crippen LogP contribution in [0.25, 0.3) is 0 Å². The highest BCUT2D eigenvalue weighted by molar-refractivity contribution is 7.90. The lowest BCUT2D eigenvalue weighted by molar-refractivity contribution is -0.137. The van der Waals surface area contributed by atoms with Crippen LogP contribution in [-0.2, 0) is 24.0 Å². The number of hydrogen-bond acceptors (Lipinski definition) is 6. The molecule has 3 rings (SSSR count). The van der Waals surface area contributed by atoms with Crippen LogP contribution in [0.3, 0.4) is 0 Å². The van der Waals surface area contributed by atoms with E-state index in [4.69, 9.17) is 21.1 Å². The maximum atomic E-state index is 13.1. The fraction of sp³-hybridized carbons (Fsp3) is 0.188. The predicted molar refractivity (Wildman–Crippen MR) is 93.8 cm³/mol. The number of alkyl halides is 3. The van der Waals surface area contributed by atoms with Gasteiger partial charge in [0.2, 0.25) is 0 Å². The number of H-pyrrole nitrogens is 1. The van der Waals surface area contributed by atoms with Gasteiger partial charge in [-0.15, -0.1) is 5.10 Å². The van der Waals surface area contributed by atoms with Crippen LogP contribution in [0.2, 0.25) is 5.02 Å². The summed E-state index contributed by atoms with van der Waals surface area (Å²) >= 11 is 4.84. The molecule has 0 fully saturated rings. The van der Waals surface area contributed by atoms with Crippen LogP contribution in [0, 0.1) is 0 Å². The number of rotatable bonds is 6. The quantitative estimate of drug-likeness (QED) is 0.592. The maximum absolute atomic E-state index is 13.1. The summed E-state index contributed by atoms with van der Waals surface area (Å²) in [5, 5.41) is 13.0. The van der Waals surface area contributed by atoms with Crippen molar-refractivity contribution in [3.8, 4) is 17.2 Å². The molecule has 0 aliphatic heterocycles. The van der Waals surface area contributed by atoms with Crippen molar-refractivity contribution in [3.63, 3.8) is 0 Å². The summed E-state index contributed by atoms with van der Waals surface area (Å²) in [5.74, 6) is 0.193. The number of hydrogen-bond donors (Lipinski definition) is 1. The third-order valence-corrected chi connectivity index (χ3v) is 4.69. The van der Waals surface area contributed by atoms with E-state index in [-0.39, 0.29) is 34.7 Å². The van der Waals surface area contributed by atoms with Gasteiger partial charge in [-0.05, 0) is 51.9 Å². The highest BCUT2D eigenvalue weighted by Crippen LogP contribution is 2.40. The number of tetrazole rings is 1. The van der Waals surface area contributed by atoms with Crippen LogP contribution in [0.4, 0.5) is 13.2 Å². The highest BCUT2D eigenvalue weighted by Gasteiger charge is 2.31. The smallest absolute Gasteiger partial charge is 0.416 e. The second-order valence-corrected chi connectivity index (χ2v) is 7.23. The van der Waals surface area contributed by atoms with Gasteiger partial charge in [0.15, 0.2) is 22.2 Å². The zero-order valence-electron chi connectivity index (χ0n) is 14.2. The van der Waals surface area contributed by atoms with E-state index < -0.39 is 22.9 Å². The SMILES string of the molecule is C[S+]([O-])c1ccc(Oc2cc(C(F)(F)F)ccc2OCc2nnn[nH]2)c(Cl)c1. The molecule has 0 bridgehead atoms. The third-order valence-electron chi connectivity index (χ3n) is 3.48. The van der Waals surface area contributed by atoms with Gasteiger partial charge in [-0.1, -0.05) is 11.6 Å². The van der Waals surface area contributed by atoms with E-state index in [1.54, 1.807) is 0 Å². The number of nitrogens with zero attached hydrogens (tertiary/aromatic N) is 3. The largest absolute Gasteiger partial charge is 0.612 e. The fourth-order valence-corrected chi connectivity index (χ4v) is 2.96. The zero-order valence-corrected chi connectivity index (χ0v) is 15.7. The number of aromatic nitrogens is 4. The summed E-state index contributed by atoms with van der Waals surface area (Å²) < 4.78 is 61.8. The van der Waals surface area contributed by atoms with Gasteiger partial charge in [0.05, 0.1) is 10.6 Å². The first-order valence-corrected chi connectivity index (χ1v) is 9.55. The van der Waals surface area contributed by atoms with Crippen molar-refractivity contribution in [3.05, 3.63) is 52.8 Å². The molecule has 1 heterocycles. The topological polar surface area (TPSA) is 96.0 Å². The summed E-state index contributed by atoms with van der Waals surface area (Å²) in [6.07, 6.45) is -3.10. The lowest BCUT2D eigenvalue weighted by atomic mass is 10.2. The Balaban J connectivity index is 1.91. The first-order chi connectivity index (χ1) is 13.2. The van der Waals surface area contributed by atoms with Crippen LogP contribution in [0.1, 0.15) is 11.4 Å². The molecule has 0 aliphatic rings. The molecule has 0 radical (unpaired) electrons. The van der Waals surface area contributed by atoms with Crippen LogP contribution in [0.5, 0.6) is 17.2 Å². The maximum Gasteiger partial charge on any atom is 0.416 e. The summed E-state index contributed by atoms with van der Waals surface area (Å²) in [6.45, 7) is -0.115. The normalized spacial score (nSPS) is 12.6. The average Bonchev–Trinajstić information content (AvgIpc) is 3.14. The molecular weight excluding hydrogens is 421 g/mol. The first kappa shape index (κ1) is 20.2. The van der Waals surface area contributed by atoms with Crippen LogP contribution >= 0.6 is 11.6 Å². The molecule has 0 saturated carbocycles. The lowest BCUT2D eigenvalue weighted by Gasteiger charge is -2.15. The van der Waals surface area contributed by atoms with Crippen molar-refractivity contribution in [2.24, 2.45) is 0 Å². The molecular formula is C16H12ClF3N4O3S. The van der Waals surface area contributed by atoms with Crippen LogP contribution in [-0.4, -0.2) is 31.4 Å². The Hall–Kier alpha value is -2.50. The standard InChI is InChI=1S/C16H12ClF3N4O3S/c1-28(25)10-3-5-12(11(17)7-10)27-14-6-9(16(18,19)20)2-4-13(14)26-8-15-21-23-24-22-15/h2-7H,8H2,1H3,(H,21,22,23,24). The Bertz CT molecular complexity index is 955. The van der Waals surface area contributed by atoms with Gasteiger partial charge in [-0.25, -0.2) is 5.10 Å². The number of halogens is 4. The molecule has 3 aromatic rings. The van der Waals surface area contributed by atoms with Gasteiger partial charge >= 0.3 is 6.18 Å². The van der Waals surface area contributed by atoms with Crippen molar-refractivity contribution >= 4 is 22.8 Å². The van der Waals surface area contributed by atoms with Crippen molar-refractivity contribution in [1.29, 1.82) is 0 Å². The van der Waals surface area contributed by atoms with Crippen molar-refractivity contribution < 1.29 is 27.2 Å². The fourth-order valence-electron chi connectivity index (χ4n) is 2.13. The monoisotopic (exact) mass is 432 g/mol. The third kappa shape index (κ3) is 4.86. The molecule has 2 aromatic carbocycles. The van der Waals surface area contributed by atoms with Gasteiger partial charge in [0.25, 0.3) is 0 Å². The second-order valence-electron chi connectivity index (χ2n) is 5.44. The van der Waals surface area contributed by atoms with E-state index in [9.17, 15) is 17.7 Å². The minimum Gasteiger partial charge on any atom is -0.612 e. The molecule has 1 unspecified atom stereocenters. The molecule has 0 amide bonds. The number of nitrogens with one attached hydrogen (secondary N) is 1. The van der Waals surface area contributed by atoms with Gasteiger partial charge in [0, 0.05) is 6.07 Å². The molecule has 7 nitrogen and oxygen atoms in total. The Morgan fingerprint density at radius 3 is 2.50 bits per heavy atom. The number of ether oxygens (including phenoxy) is 2. The molecule has 1 atom stereocenters. The second kappa shape index (κ2) is 8.25. The minimum absolute atomic E-state index is 0.0311. The van der Waals surface area contributed by atoms with Crippen molar-refractivity contribution in [1.82, 2.24) is 20.6 Å². The summed E-state index contributed by atoms with van der Waals surface area (Å²) in [6, 6.07) is 7.14. The molecule has 12 heteroatoms. The zero-order chi connectivity index (χ0) is 20.3. The van der Waals surface area contributed by atoms with Crippen LogP contribution < -0.4 is 9.47 Å². The van der Waals surface area contributed by atoms with Gasteiger partial charge in [-0.3, -0.25) is 0 Å². The van der Waals surface area contributed by atoms with E-state index in [1.165, 1.54) is 24.5 Å². The van der Waals surface area contributed by atoms with Crippen molar-refractivity contribution in [2.75, 3.05) is 6.26 Å². The summed E-state index contributed by atoms with van der Waals surface area (Å²) in [5.41, 5.74) is -0.918. The molecule has 28 heavy (non-hydrogen) atoms. The Labute approximate surface area is 165 Å². The minimum atomic E-state index is -4.57. The molecule has 1 aromatic heterocycles. The molecule has 0 aliphatic carbocycles. The van der Waals surface area contributed by atoms with Gasteiger partial charge in [0.1, 0.15) is 18.6 Å². The van der Waals surface area contributed by atoms with E-state index in [0.717, 1.165) is 18.2 Å². The molecule has 0 saturated heterocycles. The van der Waals surface area contributed by atoms with Crippen molar-refractivity contribution in [2.45, 2.75) is 17.7 Å². The van der Waals surface area contributed by atoms with Gasteiger partial charge < -0.3 is 14.0 Å². The lowest BCUT2D eigenvalue weighted by Crippen LogP contribution is -2.06. The van der Waals surface area contributed by atoms with E-state index in [0.29, 0.717) is 4.90 Å². The molecule has 0 spiro atoms. The highest BCUT2D eigenvalue weighted by atomic mass is 35.5. The van der Waals surface area contributed by atoms with E-state index >= 15 is 0 Å². The number of benzene rings is 2. The van der Waals surface area contributed by atoms with Crippen LogP contribution in [0.15, 0.2) is 41.3 Å². The number of aromatic amines is 1. The summed E-state index contributed by atoms with van der Waals surface area (Å²) in [4.78, 5) is 0.454.